The van der Waals surface area contributed by atoms with Gasteiger partial charge in [0.25, 0.3) is 0 Å². The van der Waals surface area contributed by atoms with Crippen LogP contribution in [0.25, 0.3) is 0 Å². The number of ether oxygens (including phenoxy) is 1. The third kappa shape index (κ3) is 3.37. The van der Waals surface area contributed by atoms with Gasteiger partial charge in [0.2, 0.25) is 11.8 Å². The molecule has 1 aromatic carbocycles. The Balaban J connectivity index is 1.71. The second-order valence-electron chi connectivity index (χ2n) is 6.58. The van der Waals surface area contributed by atoms with Crippen molar-refractivity contribution < 1.29 is 24.2 Å². The molecule has 2 aliphatic rings. The summed E-state index contributed by atoms with van der Waals surface area (Å²) in [5.41, 5.74) is 3.04. The van der Waals surface area contributed by atoms with Crippen LogP contribution >= 0.6 is 0 Å². The SMILES string of the molecule is Cc1ccc(N2CC[C@H](C(=O)N3CCO[C@H](C(=O)O)C3)C2=O)cc1C. The first-order chi connectivity index (χ1) is 11.9. The Morgan fingerprint density at radius 3 is 2.64 bits per heavy atom. The summed E-state index contributed by atoms with van der Waals surface area (Å²) in [6.07, 6.45) is -0.579. The standard InChI is InChI=1S/C18H22N2O5/c1-11-3-4-13(9-12(11)2)20-6-5-14(17(20)22)16(21)19-7-8-25-15(10-19)18(23)24/h3-4,9,14-15H,5-8,10H2,1-2H3,(H,23,24)/t14-,15+/m1/s1. The lowest BCUT2D eigenvalue weighted by Gasteiger charge is -2.32. The molecule has 2 fully saturated rings. The maximum atomic E-state index is 12.7. The van der Waals surface area contributed by atoms with Crippen LogP contribution in [0.1, 0.15) is 17.5 Å². The van der Waals surface area contributed by atoms with Crippen molar-refractivity contribution in [1.29, 1.82) is 0 Å². The monoisotopic (exact) mass is 346 g/mol. The van der Waals surface area contributed by atoms with E-state index in [0.717, 1.165) is 16.8 Å². The summed E-state index contributed by atoms with van der Waals surface area (Å²) >= 11 is 0. The maximum Gasteiger partial charge on any atom is 0.334 e. The zero-order chi connectivity index (χ0) is 18.1. The van der Waals surface area contributed by atoms with E-state index in [1.807, 2.05) is 32.0 Å². The van der Waals surface area contributed by atoms with Gasteiger partial charge in [0.05, 0.1) is 13.2 Å². The van der Waals surface area contributed by atoms with Gasteiger partial charge in [-0.1, -0.05) is 6.07 Å². The minimum Gasteiger partial charge on any atom is -0.479 e. The Bertz CT molecular complexity index is 717. The lowest BCUT2D eigenvalue weighted by molar-refractivity contribution is -0.160. The molecule has 2 amide bonds. The first-order valence-corrected chi connectivity index (χ1v) is 8.40. The van der Waals surface area contributed by atoms with Gasteiger partial charge in [0.15, 0.2) is 6.10 Å². The van der Waals surface area contributed by atoms with E-state index in [1.54, 1.807) is 4.90 Å². The number of amides is 2. The molecule has 1 aromatic rings. The molecule has 25 heavy (non-hydrogen) atoms. The van der Waals surface area contributed by atoms with Gasteiger partial charge >= 0.3 is 5.97 Å². The molecule has 0 aromatic heterocycles. The molecule has 0 aliphatic carbocycles. The van der Waals surface area contributed by atoms with Crippen LogP contribution in [0, 0.1) is 19.8 Å². The molecule has 0 spiro atoms. The van der Waals surface area contributed by atoms with Gasteiger partial charge in [0.1, 0.15) is 5.92 Å². The summed E-state index contributed by atoms with van der Waals surface area (Å²) in [5.74, 6) is -2.35. The molecule has 2 heterocycles. The van der Waals surface area contributed by atoms with E-state index in [9.17, 15) is 14.4 Å². The summed E-state index contributed by atoms with van der Waals surface area (Å²) < 4.78 is 5.14. The predicted molar refractivity (Wildman–Crippen MR) is 90.3 cm³/mol. The number of hydrogen-bond acceptors (Lipinski definition) is 4. The molecule has 0 bridgehead atoms. The van der Waals surface area contributed by atoms with Crippen LogP contribution in [0.5, 0.6) is 0 Å². The minimum absolute atomic E-state index is 0.0123. The summed E-state index contributed by atoms with van der Waals surface area (Å²) in [7, 11) is 0. The number of anilines is 1. The lowest BCUT2D eigenvalue weighted by atomic mass is 10.1. The van der Waals surface area contributed by atoms with Crippen LogP contribution in [0.3, 0.4) is 0 Å². The molecule has 3 rings (SSSR count). The van der Waals surface area contributed by atoms with E-state index in [2.05, 4.69) is 0 Å². The smallest absolute Gasteiger partial charge is 0.334 e. The van der Waals surface area contributed by atoms with Crippen molar-refractivity contribution in [2.75, 3.05) is 31.1 Å². The number of benzene rings is 1. The predicted octanol–water partition coefficient (Wildman–Crippen LogP) is 0.968. The van der Waals surface area contributed by atoms with Gasteiger partial charge in [-0.05, 0) is 43.5 Å². The van der Waals surface area contributed by atoms with Crippen LogP contribution in [-0.2, 0) is 19.1 Å². The fraction of sp³-hybridized carbons (Fsp3) is 0.500. The summed E-state index contributed by atoms with van der Waals surface area (Å²) in [6, 6.07) is 5.81. The zero-order valence-corrected chi connectivity index (χ0v) is 14.4. The summed E-state index contributed by atoms with van der Waals surface area (Å²) in [4.78, 5) is 39.6. The van der Waals surface area contributed by atoms with Gasteiger partial charge in [-0.25, -0.2) is 4.79 Å². The van der Waals surface area contributed by atoms with Gasteiger partial charge in [-0.15, -0.1) is 0 Å². The number of rotatable bonds is 3. The fourth-order valence-electron chi connectivity index (χ4n) is 3.28. The molecule has 7 nitrogen and oxygen atoms in total. The minimum atomic E-state index is -1.09. The molecule has 2 atom stereocenters. The Morgan fingerprint density at radius 1 is 1.20 bits per heavy atom. The molecule has 2 saturated heterocycles. The molecule has 134 valence electrons. The number of carbonyl (C=O) groups is 3. The van der Waals surface area contributed by atoms with E-state index in [4.69, 9.17) is 9.84 Å². The van der Waals surface area contributed by atoms with E-state index in [0.29, 0.717) is 19.5 Å². The molecule has 1 N–H and O–H groups in total. The largest absolute Gasteiger partial charge is 0.479 e. The van der Waals surface area contributed by atoms with Crippen LogP contribution in [0.2, 0.25) is 0 Å². The Morgan fingerprint density at radius 2 is 1.96 bits per heavy atom. The molecule has 7 heteroatoms. The summed E-state index contributed by atoms with van der Waals surface area (Å²) in [5, 5.41) is 9.06. The number of carbonyl (C=O) groups excluding carboxylic acids is 2. The zero-order valence-electron chi connectivity index (χ0n) is 14.4. The highest BCUT2D eigenvalue weighted by molar-refractivity contribution is 6.09. The lowest BCUT2D eigenvalue weighted by Crippen LogP contribution is -2.51. The third-order valence-corrected chi connectivity index (χ3v) is 4.96. The molecule has 0 saturated carbocycles. The van der Waals surface area contributed by atoms with E-state index in [-0.39, 0.29) is 25.0 Å². The average molecular weight is 346 g/mol. The topological polar surface area (TPSA) is 87.2 Å². The number of carboxylic acids is 1. The third-order valence-electron chi connectivity index (χ3n) is 4.96. The highest BCUT2D eigenvalue weighted by atomic mass is 16.5. The van der Waals surface area contributed by atoms with Gasteiger partial charge in [-0.3, -0.25) is 9.59 Å². The van der Waals surface area contributed by atoms with Crippen molar-refractivity contribution in [3.05, 3.63) is 29.3 Å². The molecular weight excluding hydrogens is 324 g/mol. The molecular formula is C18H22N2O5. The average Bonchev–Trinajstić information content (AvgIpc) is 2.98. The maximum absolute atomic E-state index is 12.7. The normalized spacial score (nSPS) is 23.8. The Labute approximate surface area is 146 Å². The molecule has 0 radical (unpaired) electrons. The van der Waals surface area contributed by atoms with Crippen molar-refractivity contribution in [3.8, 4) is 0 Å². The molecule has 2 aliphatic heterocycles. The van der Waals surface area contributed by atoms with Gasteiger partial charge in [0, 0.05) is 18.8 Å². The van der Waals surface area contributed by atoms with Crippen LogP contribution < -0.4 is 4.90 Å². The fourth-order valence-corrected chi connectivity index (χ4v) is 3.28. The highest BCUT2D eigenvalue weighted by Gasteiger charge is 2.41. The highest BCUT2D eigenvalue weighted by Crippen LogP contribution is 2.28. The quantitative estimate of drug-likeness (QED) is 0.824. The van der Waals surface area contributed by atoms with Crippen molar-refractivity contribution in [1.82, 2.24) is 4.90 Å². The van der Waals surface area contributed by atoms with Gasteiger partial charge < -0.3 is 19.6 Å². The number of aliphatic carboxylic acids is 1. The second-order valence-corrected chi connectivity index (χ2v) is 6.58. The van der Waals surface area contributed by atoms with Crippen molar-refractivity contribution in [2.45, 2.75) is 26.4 Å². The first-order valence-electron chi connectivity index (χ1n) is 8.40. The van der Waals surface area contributed by atoms with Crippen LogP contribution in [0.15, 0.2) is 18.2 Å². The molecule has 0 unspecified atom stereocenters. The van der Waals surface area contributed by atoms with Crippen molar-refractivity contribution in [3.63, 3.8) is 0 Å². The second kappa shape index (κ2) is 6.84. The number of aryl methyl sites for hydroxylation is 2. The number of morpholine rings is 1. The number of hydrogen-bond donors (Lipinski definition) is 1. The van der Waals surface area contributed by atoms with Crippen molar-refractivity contribution >= 4 is 23.5 Å². The number of nitrogens with zero attached hydrogens (tertiary/aromatic N) is 2. The Kier molecular flexibility index (Phi) is 4.76. The first kappa shape index (κ1) is 17.4. The summed E-state index contributed by atoms with van der Waals surface area (Å²) in [6.45, 7) is 4.96. The van der Waals surface area contributed by atoms with Crippen molar-refractivity contribution in [2.24, 2.45) is 5.92 Å². The van der Waals surface area contributed by atoms with Crippen LogP contribution in [-0.4, -0.2) is 60.1 Å². The van der Waals surface area contributed by atoms with E-state index < -0.39 is 18.0 Å². The van der Waals surface area contributed by atoms with Gasteiger partial charge in [-0.2, -0.15) is 0 Å². The van der Waals surface area contributed by atoms with E-state index >= 15 is 0 Å². The van der Waals surface area contributed by atoms with Crippen LogP contribution in [0.4, 0.5) is 5.69 Å². The number of carboxylic acid groups (broad SMARTS) is 1. The Hall–Kier alpha value is -2.41. The van der Waals surface area contributed by atoms with E-state index in [1.165, 1.54) is 4.90 Å².